The Balaban J connectivity index is 1.66. The molecular weight excluding hydrogens is 506 g/mol. The van der Waals surface area contributed by atoms with Gasteiger partial charge in [0.25, 0.3) is 0 Å². The lowest BCUT2D eigenvalue weighted by Gasteiger charge is -2.40. The van der Waals surface area contributed by atoms with Crippen molar-refractivity contribution in [1.29, 1.82) is 0 Å². The maximum atomic E-state index is 13.7. The molecule has 0 unspecified atom stereocenters. The van der Waals surface area contributed by atoms with E-state index in [0.717, 1.165) is 16.8 Å². The molecule has 3 aromatic rings. The number of imidazole rings is 1. The predicted octanol–water partition coefficient (Wildman–Crippen LogP) is 5.69. The van der Waals surface area contributed by atoms with E-state index in [9.17, 15) is 19.4 Å². The summed E-state index contributed by atoms with van der Waals surface area (Å²) in [6.45, 7) is 7.10. The summed E-state index contributed by atoms with van der Waals surface area (Å²) in [4.78, 5) is 20.5. The highest BCUT2D eigenvalue weighted by atomic mass is 35.5. The minimum absolute atomic E-state index is 0.187. The number of aliphatic hydroxyl groups is 1. The lowest BCUT2D eigenvalue weighted by atomic mass is 9.87. The number of anilines is 1. The summed E-state index contributed by atoms with van der Waals surface area (Å²) in [6, 6.07) is 6.92. The average molecular weight is 537 g/mol. The van der Waals surface area contributed by atoms with Crippen LogP contribution in [0, 0.1) is 11.2 Å². The topological polar surface area (TPSA) is 81.8 Å². The van der Waals surface area contributed by atoms with Crippen LogP contribution in [0.15, 0.2) is 36.7 Å². The maximum Gasteiger partial charge on any atom is 0.408 e. The van der Waals surface area contributed by atoms with E-state index in [4.69, 9.17) is 23.2 Å². The molecule has 0 spiro atoms. The van der Waals surface area contributed by atoms with Crippen LogP contribution in [-0.2, 0) is 13.0 Å². The molecule has 0 aliphatic carbocycles. The van der Waals surface area contributed by atoms with Crippen LogP contribution < -0.4 is 4.90 Å². The van der Waals surface area contributed by atoms with Crippen molar-refractivity contribution in [3.05, 3.63) is 58.1 Å². The number of aliphatic hydroxyl groups excluding tert-OH is 1. The fraction of sp³-hybridized carbons (Fsp3) is 0.462. The lowest BCUT2D eigenvalue weighted by molar-refractivity contribution is 0.0549. The van der Waals surface area contributed by atoms with E-state index in [1.54, 1.807) is 24.5 Å². The maximum absolute atomic E-state index is 13.7. The quantitative estimate of drug-likeness (QED) is 0.386. The van der Waals surface area contributed by atoms with Gasteiger partial charge in [-0.25, -0.2) is 14.2 Å². The summed E-state index contributed by atoms with van der Waals surface area (Å²) in [7, 11) is 0. The summed E-state index contributed by atoms with van der Waals surface area (Å²) in [5, 5.41) is 21.5. The molecule has 0 saturated carbocycles. The van der Waals surface area contributed by atoms with Crippen molar-refractivity contribution in [2.45, 2.75) is 52.2 Å². The number of hydrogen-bond acceptors (Lipinski definition) is 4. The minimum atomic E-state index is -1.10. The Bertz CT molecular complexity index is 1260. The number of amides is 1. The molecule has 194 valence electrons. The highest BCUT2D eigenvalue weighted by Gasteiger charge is 2.35. The summed E-state index contributed by atoms with van der Waals surface area (Å²) in [5.41, 5.74) is 3.00. The third-order valence-electron chi connectivity index (χ3n) is 6.60. The number of nitrogens with zero attached hydrogens (tertiary/aromatic N) is 4. The Kier molecular flexibility index (Phi) is 7.69. The first-order valence-corrected chi connectivity index (χ1v) is 12.7. The molecule has 36 heavy (non-hydrogen) atoms. The Labute approximate surface area is 220 Å². The number of carbonyl (C=O) groups is 1. The zero-order valence-corrected chi connectivity index (χ0v) is 22.1. The van der Waals surface area contributed by atoms with Crippen molar-refractivity contribution in [3.63, 3.8) is 0 Å². The molecule has 10 heteroatoms. The van der Waals surface area contributed by atoms with E-state index in [-0.39, 0.29) is 17.8 Å². The summed E-state index contributed by atoms with van der Waals surface area (Å²) >= 11 is 12.4. The van der Waals surface area contributed by atoms with E-state index < -0.39 is 18.2 Å². The number of fused-ring (bicyclic) bond motifs is 2. The van der Waals surface area contributed by atoms with Gasteiger partial charge in [0.05, 0.1) is 46.1 Å². The molecule has 2 heterocycles. The van der Waals surface area contributed by atoms with E-state index in [1.807, 2.05) is 9.47 Å². The Morgan fingerprint density at radius 3 is 2.56 bits per heavy atom. The first kappa shape index (κ1) is 26.5. The van der Waals surface area contributed by atoms with Gasteiger partial charge >= 0.3 is 6.09 Å². The van der Waals surface area contributed by atoms with Gasteiger partial charge in [0.1, 0.15) is 5.82 Å². The molecule has 0 saturated heterocycles. The standard InChI is InChI=1S/C26H31Cl2FN4O3/c1-26(2,3)11-18(12-32-15-30-22-9-20(27)21(28)10-24(22)32)33(25(35)36)19(14-34)13-31-7-6-16-8-17(29)4-5-23(16)31/h4-5,8-10,15,18-19,34H,6-7,11-14H2,1-3H3,(H,35,36)/t18-,19-/m1/s1. The predicted molar refractivity (Wildman–Crippen MR) is 141 cm³/mol. The zero-order valence-electron chi connectivity index (χ0n) is 20.6. The van der Waals surface area contributed by atoms with Crippen molar-refractivity contribution in [1.82, 2.24) is 14.5 Å². The Morgan fingerprint density at radius 2 is 1.89 bits per heavy atom. The molecule has 4 rings (SSSR count). The van der Waals surface area contributed by atoms with Gasteiger partial charge in [-0.3, -0.25) is 4.90 Å². The van der Waals surface area contributed by atoms with E-state index in [2.05, 4.69) is 25.8 Å². The highest BCUT2D eigenvalue weighted by molar-refractivity contribution is 6.42. The van der Waals surface area contributed by atoms with Crippen LogP contribution in [0.3, 0.4) is 0 Å². The monoisotopic (exact) mass is 536 g/mol. The molecule has 2 aromatic carbocycles. The molecule has 0 bridgehead atoms. The van der Waals surface area contributed by atoms with Gasteiger partial charge < -0.3 is 19.7 Å². The SMILES string of the molecule is CC(C)(C)C[C@H](Cn1cnc2cc(Cl)c(Cl)cc21)N(C(=O)O)[C@@H](CO)CN1CCc2cc(F)ccc21. The van der Waals surface area contributed by atoms with Crippen LogP contribution in [0.5, 0.6) is 0 Å². The highest BCUT2D eigenvalue weighted by Crippen LogP contribution is 2.32. The average Bonchev–Trinajstić information content (AvgIpc) is 3.35. The van der Waals surface area contributed by atoms with Gasteiger partial charge in [-0.1, -0.05) is 44.0 Å². The normalized spacial score (nSPS) is 15.2. The molecule has 2 N–H and O–H groups in total. The molecule has 1 aliphatic rings. The van der Waals surface area contributed by atoms with Crippen molar-refractivity contribution in [3.8, 4) is 0 Å². The molecule has 2 atom stereocenters. The van der Waals surface area contributed by atoms with Crippen molar-refractivity contribution in [2.75, 3.05) is 24.6 Å². The Hall–Kier alpha value is -2.55. The van der Waals surface area contributed by atoms with Gasteiger partial charge in [0.2, 0.25) is 0 Å². The zero-order chi connectivity index (χ0) is 26.2. The van der Waals surface area contributed by atoms with Gasteiger partial charge in [0, 0.05) is 25.3 Å². The summed E-state index contributed by atoms with van der Waals surface area (Å²) in [6.07, 6.45) is 1.78. The van der Waals surface area contributed by atoms with E-state index in [0.29, 0.717) is 48.0 Å². The fourth-order valence-corrected chi connectivity index (χ4v) is 5.43. The van der Waals surface area contributed by atoms with Crippen molar-refractivity contribution >= 4 is 46.0 Å². The second-order valence-corrected chi connectivity index (χ2v) is 11.4. The van der Waals surface area contributed by atoms with Gasteiger partial charge in [-0.15, -0.1) is 0 Å². The van der Waals surface area contributed by atoms with E-state index in [1.165, 1.54) is 17.0 Å². The van der Waals surface area contributed by atoms with Crippen molar-refractivity contribution in [2.24, 2.45) is 5.41 Å². The number of aromatic nitrogens is 2. The second kappa shape index (κ2) is 10.4. The molecule has 0 radical (unpaired) electrons. The number of hydrogen-bond donors (Lipinski definition) is 2. The van der Waals surface area contributed by atoms with Crippen molar-refractivity contribution < 1.29 is 19.4 Å². The Morgan fingerprint density at radius 1 is 1.17 bits per heavy atom. The first-order valence-electron chi connectivity index (χ1n) is 11.9. The number of benzene rings is 2. The molecule has 1 aromatic heterocycles. The number of rotatable bonds is 8. The molecule has 1 amide bonds. The first-order chi connectivity index (χ1) is 17.0. The molecular formula is C26H31Cl2FN4O3. The number of halogens is 3. The second-order valence-electron chi connectivity index (χ2n) is 10.6. The van der Waals surface area contributed by atoms with Crippen LogP contribution in [0.4, 0.5) is 14.9 Å². The van der Waals surface area contributed by atoms with Gasteiger partial charge in [-0.05, 0) is 54.2 Å². The third kappa shape index (κ3) is 5.71. The lowest BCUT2D eigenvalue weighted by Crippen LogP contribution is -2.55. The smallest absolute Gasteiger partial charge is 0.408 e. The molecule has 7 nitrogen and oxygen atoms in total. The van der Waals surface area contributed by atoms with Crippen LogP contribution in [0.1, 0.15) is 32.8 Å². The van der Waals surface area contributed by atoms with Crippen LogP contribution in [-0.4, -0.2) is 62.5 Å². The van der Waals surface area contributed by atoms with Crippen LogP contribution >= 0.6 is 23.2 Å². The van der Waals surface area contributed by atoms with E-state index >= 15 is 0 Å². The summed E-state index contributed by atoms with van der Waals surface area (Å²) < 4.78 is 15.6. The minimum Gasteiger partial charge on any atom is -0.465 e. The summed E-state index contributed by atoms with van der Waals surface area (Å²) in [5.74, 6) is -0.291. The molecule has 1 aliphatic heterocycles. The third-order valence-corrected chi connectivity index (χ3v) is 7.32. The largest absolute Gasteiger partial charge is 0.465 e. The van der Waals surface area contributed by atoms with Gasteiger partial charge in [0.15, 0.2) is 0 Å². The van der Waals surface area contributed by atoms with Gasteiger partial charge in [-0.2, -0.15) is 0 Å². The molecule has 0 fully saturated rings. The van der Waals surface area contributed by atoms with Crippen LogP contribution in [0.2, 0.25) is 10.0 Å². The fourth-order valence-electron chi connectivity index (χ4n) is 5.11. The van der Waals surface area contributed by atoms with Crippen LogP contribution in [0.25, 0.3) is 11.0 Å². The number of carboxylic acid groups (broad SMARTS) is 1.